The average molecular weight is 365 g/mol. The first-order chi connectivity index (χ1) is 11.5. The van der Waals surface area contributed by atoms with Gasteiger partial charge in [-0.2, -0.15) is 8.75 Å². The molecule has 3 aromatic rings. The summed E-state index contributed by atoms with van der Waals surface area (Å²) < 4.78 is 13.2. The number of rotatable bonds is 4. The van der Waals surface area contributed by atoms with E-state index in [1.165, 1.54) is 19.2 Å². The molecule has 0 aliphatic heterocycles. The van der Waals surface area contributed by atoms with Crippen LogP contribution in [-0.4, -0.2) is 32.0 Å². The fourth-order valence-corrected chi connectivity index (χ4v) is 3.32. The number of ether oxygens (including phenoxy) is 1. The maximum Gasteiger partial charge on any atom is 0.306 e. The molecular weight excluding hydrogens is 352 g/mol. The van der Waals surface area contributed by atoms with Crippen molar-refractivity contribution in [1.29, 1.82) is 0 Å². The third-order valence-electron chi connectivity index (χ3n) is 3.77. The SMILES string of the molecule is COC(=O)CC(c1ccc(O)c(Cl)c1)c1c(O)ccc2nsnc12. The number of phenols is 2. The molecule has 0 bridgehead atoms. The van der Waals surface area contributed by atoms with Gasteiger partial charge in [0.2, 0.25) is 0 Å². The van der Waals surface area contributed by atoms with Crippen LogP contribution in [0.25, 0.3) is 11.0 Å². The van der Waals surface area contributed by atoms with E-state index in [4.69, 9.17) is 16.3 Å². The summed E-state index contributed by atoms with van der Waals surface area (Å²) in [6.07, 6.45) is -0.0121. The van der Waals surface area contributed by atoms with Gasteiger partial charge in [-0.25, -0.2) is 0 Å². The van der Waals surface area contributed by atoms with Crippen LogP contribution in [0.5, 0.6) is 11.5 Å². The Bertz CT molecular complexity index is 912. The van der Waals surface area contributed by atoms with Crippen molar-refractivity contribution in [2.24, 2.45) is 0 Å². The van der Waals surface area contributed by atoms with E-state index in [1.807, 2.05) is 0 Å². The van der Waals surface area contributed by atoms with Gasteiger partial charge >= 0.3 is 5.97 Å². The van der Waals surface area contributed by atoms with Crippen molar-refractivity contribution in [2.45, 2.75) is 12.3 Å². The smallest absolute Gasteiger partial charge is 0.306 e. The number of phenolic OH excluding ortho intramolecular Hbond substituents is 2. The lowest BCUT2D eigenvalue weighted by atomic mass is 9.87. The van der Waals surface area contributed by atoms with Crippen LogP contribution in [0, 0.1) is 0 Å². The summed E-state index contributed by atoms with van der Waals surface area (Å²) in [5.74, 6) is -1.03. The lowest BCUT2D eigenvalue weighted by Crippen LogP contribution is -2.11. The van der Waals surface area contributed by atoms with Crippen molar-refractivity contribution in [3.05, 3.63) is 46.5 Å². The first-order valence-corrected chi connectivity index (χ1v) is 8.11. The lowest BCUT2D eigenvalue weighted by molar-refractivity contribution is -0.140. The molecule has 0 amide bonds. The number of carbonyl (C=O) groups excluding carboxylic acids is 1. The fraction of sp³-hybridized carbons (Fsp3) is 0.188. The van der Waals surface area contributed by atoms with Crippen LogP contribution in [0.3, 0.4) is 0 Å². The molecule has 0 fully saturated rings. The summed E-state index contributed by atoms with van der Waals surface area (Å²) in [4.78, 5) is 11.9. The Labute approximate surface area is 146 Å². The van der Waals surface area contributed by atoms with Crippen molar-refractivity contribution in [1.82, 2.24) is 8.75 Å². The molecule has 8 heteroatoms. The molecule has 6 nitrogen and oxygen atoms in total. The van der Waals surface area contributed by atoms with E-state index in [0.29, 0.717) is 22.2 Å². The van der Waals surface area contributed by atoms with Crippen LogP contribution in [0.1, 0.15) is 23.5 Å². The van der Waals surface area contributed by atoms with Gasteiger partial charge in [0.15, 0.2) is 0 Å². The zero-order chi connectivity index (χ0) is 17.3. The van der Waals surface area contributed by atoms with Crippen molar-refractivity contribution in [3.63, 3.8) is 0 Å². The minimum atomic E-state index is -0.539. The number of fused-ring (bicyclic) bond motifs is 1. The van der Waals surface area contributed by atoms with Crippen LogP contribution in [0.15, 0.2) is 30.3 Å². The quantitative estimate of drug-likeness (QED) is 0.689. The van der Waals surface area contributed by atoms with Gasteiger partial charge in [-0.15, -0.1) is 0 Å². The molecule has 1 aromatic heterocycles. The highest BCUT2D eigenvalue weighted by Crippen LogP contribution is 2.40. The van der Waals surface area contributed by atoms with E-state index in [0.717, 1.165) is 11.7 Å². The molecule has 124 valence electrons. The zero-order valence-electron chi connectivity index (χ0n) is 12.6. The van der Waals surface area contributed by atoms with Crippen LogP contribution in [0.2, 0.25) is 5.02 Å². The number of carbonyl (C=O) groups is 1. The van der Waals surface area contributed by atoms with E-state index in [1.54, 1.807) is 18.2 Å². The monoisotopic (exact) mass is 364 g/mol. The molecule has 1 unspecified atom stereocenters. The maximum absolute atomic E-state index is 11.9. The standard InChI is InChI=1S/C16H13ClN2O4S/c1-23-14(22)7-9(8-2-4-12(20)10(17)6-8)15-13(21)5-3-11-16(15)19-24-18-11/h2-6,9,20-21H,7H2,1H3. The van der Waals surface area contributed by atoms with Crippen molar-refractivity contribution in [2.75, 3.05) is 7.11 Å². The lowest BCUT2D eigenvalue weighted by Gasteiger charge is -2.19. The van der Waals surface area contributed by atoms with Gasteiger partial charge in [0.25, 0.3) is 0 Å². The first kappa shape index (κ1) is 16.5. The summed E-state index contributed by atoms with van der Waals surface area (Å²) in [6, 6.07) is 7.83. The molecule has 1 heterocycles. The molecule has 0 aliphatic carbocycles. The Morgan fingerprint density at radius 2 is 2.00 bits per heavy atom. The second-order valence-corrected chi connectivity index (χ2v) is 6.11. The molecule has 24 heavy (non-hydrogen) atoms. The average Bonchev–Trinajstić information content (AvgIpc) is 3.04. The van der Waals surface area contributed by atoms with Crippen molar-refractivity contribution in [3.8, 4) is 11.5 Å². The van der Waals surface area contributed by atoms with Crippen molar-refractivity contribution < 1.29 is 19.7 Å². The molecule has 0 aliphatic rings. The molecular formula is C16H13ClN2O4S. The number of nitrogens with zero attached hydrogens (tertiary/aromatic N) is 2. The zero-order valence-corrected chi connectivity index (χ0v) is 14.1. The van der Waals surface area contributed by atoms with E-state index >= 15 is 0 Å². The van der Waals surface area contributed by atoms with E-state index in [-0.39, 0.29) is 22.9 Å². The van der Waals surface area contributed by atoms with Gasteiger partial charge < -0.3 is 14.9 Å². The highest BCUT2D eigenvalue weighted by atomic mass is 35.5. The summed E-state index contributed by atoms with van der Waals surface area (Å²) >= 11 is 7.02. The Balaban J connectivity index is 2.20. The second-order valence-electron chi connectivity index (χ2n) is 5.17. The summed E-state index contributed by atoms with van der Waals surface area (Å²) in [6.45, 7) is 0. The van der Waals surface area contributed by atoms with Crippen LogP contribution in [-0.2, 0) is 9.53 Å². The Morgan fingerprint density at radius 1 is 1.25 bits per heavy atom. The van der Waals surface area contributed by atoms with Gasteiger partial charge in [-0.05, 0) is 29.8 Å². The number of methoxy groups -OCH3 is 1. The maximum atomic E-state index is 11.9. The molecule has 0 saturated carbocycles. The Kier molecular flexibility index (Phi) is 4.55. The minimum absolute atomic E-state index is 0.00769. The van der Waals surface area contributed by atoms with Gasteiger partial charge in [0, 0.05) is 11.5 Å². The van der Waals surface area contributed by atoms with E-state index in [9.17, 15) is 15.0 Å². The molecule has 3 rings (SSSR count). The van der Waals surface area contributed by atoms with Gasteiger partial charge in [0.05, 0.1) is 30.3 Å². The van der Waals surface area contributed by atoms with E-state index < -0.39 is 11.9 Å². The highest BCUT2D eigenvalue weighted by molar-refractivity contribution is 7.00. The van der Waals surface area contributed by atoms with Crippen molar-refractivity contribution >= 4 is 40.3 Å². The molecule has 2 aromatic carbocycles. The normalized spacial score (nSPS) is 12.2. The third-order valence-corrected chi connectivity index (χ3v) is 4.61. The summed E-state index contributed by atoms with van der Waals surface area (Å²) in [7, 11) is 1.30. The van der Waals surface area contributed by atoms with Gasteiger partial charge in [-0.3, -0.25) is 4.79 Å². The fourth-order valence-electron chi connectivity index (χ4n) is 2.58. The number of hydrogen-bond acceptors (Lipinski definition) is 7. The van der Waals surface area contributed by atoms with Crippen LogP contribution < -0.4 is 0 Å². The third kappa shape index (κ3) is 3.00. The topological polar surface area (TPSA) is 92.5 Å². The Hall–Kier alpha value is -2.38. The molecule has 1 atom stereocenters. The second kappa shape index (κ2) is 6.62. The number of benzene rings is 2. The molecule has 0 spiro atoms. The first-order valence-electron chi connectivity index (χ1n) is 7.00. The Morgan fingerprint density at radius 3 is 2.71 bits per heavy atom. The summed E-state index contributed by atoms with van der Waals surface area (Å²) in [5, 5.41) is 20.2. The van der Waals surface area contributed by atoms with Gasteiger partial charge in [-0.1, -0.05) is 17.7 Å². The van der Waals surface area contributed by atoms with Gasteiger partial charge in [0.1, 0.15) is 22.5 Å². The number of hydrogen-bond donors (Lipinski definition) is 2. The largest absolute Gasteiger partial charge is 0.508 e. The van der Waals surface area contributed by atoms with Crippen LogP contribution >= 0.6 is 23.3 Å². The predicted octanol–water partition coefficient (Wildman–Crippen LogP) is 3.45. The van der Waals surface area contributed by atoms with Crippen LogP contribution in [0.4, 0.5) is 0 Å². The number of aromatic nitrogens is 2. The molecule has 2 N–H and O–H groups in total. The molecule has 0 radical (unpaired) electrons. The predicted molar refractivity (Wildman–Crippen MR) is 90.7 cm³/mol. The number of halogens is 1. The highest BCUT2D eigenvalue weighted by Gasteiger charge is 2.26. The number of esters is 1. The molecule has 0 saturated heterocycles. The summed E-state index contributed by atoms with van der Waals surface area (Å²) in [5.41, 5.74) is 2.29. The minimum Gasteiger partial charge on any atom is -0.508 e. The van der Waals surface area contributed by atoms with E-state index in [2.05, 4.69) is 8.75 Å². The number of aromatic hydroxyl groups is 2.